The van der Waals surface area contributed by atoms with Gasteiger partial charge in [-0.3, -0.25) is 0 Å². The number of methoxy groups -OCH3 is 1. The van der Waals surface area contributed by atoms with Gasteiger partial charge < -0.3 is 14.2 Å². The number of halogens is 2. The molecule has 0 aliphatic heterocycles. The Morgan fingerprint density at radius 1 is 0.941 bits per heavy atom. The molecule has 0 aliphatic carbocycles. The van der Waals surface area contributed by atoms with E-state index >= 15 is 0 Å². The third kappa shape index (κ3) is 6.58. The molecular weight excluding hydrogens is 269 g/mol. The van der Waals surface area contributed by atoms with E-state index in [1.807, 2.05) is 0 Å². The summed E-state index contributed by atoms with van der Waals surface area (Å²) in [5, 5.41) is 0.00188. The fraction of sp³-hybridized carbons (Fsp3) is 0.667. The molecule has 0 bridgehead atoms. The molecule has 8 heteroatoms. The van der Waals surface area contributed by atoms with E-state index in [-0.39, 0.29) is 16.6 Å². The van der Waals surface area contributed by atoms with Crippen LogP contribution in [0.1, 0.15) is 6.42 Å². The van der Waals surface area contributed by atoms with Crippen LogP contribution >= 0.6 is 23.2 Å². The van der Waals surface area contributed by atoms with Gasteiger partial charge in [0, 0.05) is 20.3 Å². The van der Waals surface area contributed by atoms with Gasteiger partial charge in [0.15, 0.2) is 0 Å². The lowest BCUT2D eigenvalue weighted by Gasteiger charge is -2.05. The Morgan fingerprint density at radius 2 is 1.65 bits per heavy atom. The molecule has 0 radical (unpaired) electrons. The SMILES string of the molecule is COCCCOCCOc1nc(Cl)nc(Cl)n1. The van der Waals surface area contributed by atoms with Crippen LogP contribution in [0.4, 0.5) is 0 Å². The lowest BCUT2D eigenvalue weighted by Crippen LogP contribution is -2.10. The molecule has 0 aromatic carbocycles. The van der Waals surface area contributed by atoms with Crippen LogP contribution in [0.25, 0.3) is 0 Å². The molecule has 0 amide bonds. The third-order valence-corrected chi connectivity index (χ3v) is 1.99. The summed E-state index contributed by atoms with van der Waals surface area (Å²) in [6, 6.07) is 0.0930. The number of hydrogen-bond acceptors (Lipinski definition) is 6. The molecule has 17 heavy (non-hydrogen) atoms. The molecule has 1 heterocycles. The number of nitrogens with zero attached hydrogens (tertiary/aromatic N) is 3. The minimum Gasteiger partial charge on any atom is -0.461 e. The average Bonchev–Trinajstić information content (AvgIpc) is 2.26. The average molecular weight is 282 g/mol. The van der Waals surface area contributed by atoms with Crippen molar-refractivity contribution in [2.75, 3.05) is 33.5 Å². The fourth-order valence-electron chi connectivity index (χ4n) is 0.973. The maximum atomic E-state index is 5.58. The van der Waals surface area contributed by atoms with Crippen molar-refractivity contribution in [3.8, 4) is 6.01 Å². The van der Waals surface area contributed by atoms with Crippen LogP contribution < -0.4 is 4.74 Å². The highest BCUT2D eigenvalue weighted by Gasteiger charge is 2.03. The van der Waals surface area contributed by atoms with Crippen LogP contribution in [0.3, 0.4) is 0 Å². The molecule has 1 aromatic rings. The quantitative estimate of drug-likeness (QED) is 0.675. The highest BCUT2D eigenvalue weighted by Crippen LogP contribution is 2.10. The van der Waals surface area contributed by atoms with Crippen LogP contribution in [0, 0.1) is 0 Å². The highest BCUT2D eigenvalue weighted by molar-refractivity contribution is 6.31. The second-order valence-corrected chi connectivity index (χ2v) is 3.64. The van der Waals surface area contributed by atoms with Crippen molar-refractivity contribution in [1.29, 1.82) is 0 Å². The van der Waals surface area contributed by atoms with Gasteiger partial charge in [-0.2, -0.15) is 15.0 Å². The molecule has 0 fully saturated rings. The van der Waals surface area contributed by atoms with Crippen molar-refractivity contribution in [3.63, 3.8) is 0 Å². The summed E-state index contributed by atoms with van der Waals surface area (Å²) >= 11 is 11.2. The molecule has 0 N–H and O–H groups in total. The minimum atomic E-state index is 0.000938. The summed E-state index contributed by atoms with van der Waals surface area (Å²) in [4.78, 5) is 11.1. The molecule has 0 saturated heterocycles. The van der Waals surface area contributed by atoms with Crippen molar-refractivity contribution in [1.82, 2.24) is 15.0 Å². The van der Waals surface area contributed by atoms with Gasteiger partial charge >= 0.3 is 6.01 Å². The van der Waals surface area contributed by atoms with Crippen LogP contribution in [-0.4, -0.2) is 48.5 Å². The summed E-state index contributed by atoms with van der Waals surface area (Å²) in [5.41, 5.74) is 0. The predicted molar refractivity (Wildman–Crippen MR) is 62.7 cm³/mol. The van der Waals surface area contributed by atoms with E-state index < -0.39 is 0 Å². The van der Waals surface area contributed by atoms with Gasteiger partial charge in [0.25, 0.3) is 0 Å². The Bertz CT molecular complexity index is 321. The first-order valence-electron chi connectivity index (χ1n) is 4.99. The van der Waals surface area contributed by atoms with E-state index in [1.54, 1.807) is 7.11 Å². The Balaban J connectivity index is 2.13. The van der Waals surface area contributed by atoms with Crippen LogP contribution in [0.2, 0.25) is 10.6 Å². The maximum Gasteiger partial charge on any atom is 0.322 e. The van der Waals surface area contributed by atoms with Crippen molar-refractivity contribution in [3.05, 3.63) is 10.6 Å². The molecule has 0 spiro atoms. The first-order chi connectivity index (χ1) is 8.22. The van der Waals surface area contributed by atoms with Crippen molar-refractivity contribution >= 4 is 23.2 Å². The smallest absolute Gasteiger partial charge is 0.322 e. The summed E-state index contributed by atoms with van der Waals surface area (Å²) < 4.78 is 15.3. The zero-order valence-corrected chi connectivity index (χ0v) is 10.9. The monoisotopic (exact) mass is 281 g/mol. The summed E-state index contributed by atoms with van der Waals surface area (Å²) in [6.45, 7) is 2.06. The maximum absolute atomic E-state index is 5.58. The first-order valence-corrected chi connectivity index (χ1v) is 5.74. The van der Waals surface area contributed by atoms with Gasteiger partial charge in [0.1, 0.15) is 6.61 Å². The molecule has 1 rings (SSSR count). The molecule has 0 atom stereocenters. The van der Waals surface area contributed by atoms with E-state index in [4.69, 9.17) is 37.4 Å². The Labute approximate surface area is 109 Å². The fourth-order valence-corrected chi connectivity index (χ4v) is 1.32. The van der Waals surface area contributed by atoms with Gasteiger partial charge in [-0.05, 0) is 29.6 Å². The summed E-state index contributed by atoms with van der Waals surface area (Å²) in [6.07, 6.45) is 0.847. The summed E-state index contributed by atoms with van der Waals surface area (Å²) in [5.74, 6) is 0. The van der Waals surface area contributed by atoms with E-state index in [0.29, 0.717) is 26.4 Å². The highest BCUT2D eigenvalue weighted by atomic mass is 35.5. The number of ether oxygens (including phenoxy) is 3. The van der Waals surface area contributed by atoms with Crippen molar-refractivity contribution in [2.24, 2.45) is 0 Å². The molecular formula is C9H13Cl2N3O3. The second-order valence-electron chi connectivity index (χ2n) is 2.96. The number of rotatable bonds is 8. The van der Waals surface area contributed by atoms with Gasteiger partial charge in [-0.25, -0.2) is 0 Å². The van der Waals surface area contributed by atoms with E-state index in [2.05, 4.69) is 15.0 Å². The van der Waals surface area contributed by atoms with E-state index in [1.165, 1.54) is 0 Å². The van der Waals surface area contributed by atoms with Crippen molar-refractivity contribution < 1.29 is 14.2 Å². The molecule has 0 saturated carbocycles. The van der Waals surface area contributed by atoms with Gasteiger partial charge in [-0.1, -0.05) is 0 Å². The van der Waals surface area contributed by atoms with Gasteiger partial charge in [-0.15, -0.1) is 0 Å². The third-order valence-electron chi connectivity index (χ3n) is 1.66. The lowest BCUT2D eigenvalue weighted by molar-refractivity contribution is 0.0782. The van der Waals surface area contributed by atoms with Crippen LogP contribution in [0.15, 0.2) is 0 Å². The Hall–Kier alpha value is -0.690. The number of hydrogen-bond donors (Lipinski definition) is 0. The Kier molecular flexibility index (Phi) is 7.11. The predicted octanol–water partition coefficient (Wildman–Crippen LogP) is 1.61. The molecule has 0 aliphatic rings. The molecule has 96 valence electrons. The second kappa shape index (κ2) is 8.41. The topological polar surface area (TPSA) is 66.4 Å². The first kappa shape index (κ1) is 14.4. The zero-order valence-electron chi connectivity index (χ0n) is 9.36. The standard InChI is InChI=1S/C9H13Cl2N3O3/c1-15-3-2-4-16-5-6-17-9-13-7(10)12-8(11)14-9/h2-6H2,1H3. The molecule has 0 unspecified atom stereocenters. The normalized spacial score (nSPS) is 10.5. The zero-order chi connectivity index (χ0) is 12.5. The van der Waals surface area contributed by atoms with Gasteiger partial charge in [0.05, 0.1) is 6.61 Å². The minimum absolute atomic E-state index is 0.000938. The number of aromatic nitrogens is 3. The van der Waals surface area contributed by atoms with Gasteiger partial charge in [0.2, 0.25) is 10.6 Å². The summed E-state index contributed by atoms with van der Waals surface area (Å²) in [7, 11) is 1.65. The lowest BCUT2D eigenvalue weighted by atomic mass is 10.5. The molecule has 1 aromatic heterocycles. The van der Waals surface area contributed by atoms with E-state index in [9.17, 15) is 0 Å². The van der Waals surface area contributed by atoms with E-state index in [0.717, 1.165) is 6.42 Å². The van der Waals surface area contributed by atoms with Crippen LogP contribution in [-0.2, 0) is 9.47 Å². The largest absolute Gasteiger partial charge is 0.461 e. The molecule has 6 nitrogen and oxygen atoms in total. The Morgan fingerprint density at radius 3 is 2.29 bits per heavy atom. The van der Waals surface area contributed by atoms with Crippen LogP contribution in [0.5, 0.6) is 6.01 Å². The van der Waals surface area contributed by atoms with Crippen molar-refractivity contribution in [2.45, 2.75) is 6.42 Å².